The molecule has 0 radical (unpaired) electrons. The van der Waals surface area contributed by atoms with Gasteiger partial charge in [0.25, 0.3) is 10.0 Å². The summed E-state index contributed by atoms with van der Waals surface area (Å²) in [7, 11) is 3.41. The molecule has 2 rings (SSSR count). The summed E-state index contributed by atoms with van der Waals surface area (Å²) in [5.74, 6) is 0.488. The Morgan fingerprint density at radius 1 is 1.04 bits per heavy atom. The summed E-state index contributed by atoms with van der Waals surface area (Å²) in [4.78, 5) is 12.3. The van der Waals surface area contributed by atoms with E-state index in [9.17, 15) is 13.2 Å². The van der Waals surface area contributed by atoms with E-state index in [2.05, 4.69) is 0 Å². The van der Waals surface area contributed by atoms with E-state index >= 15 is 0 Å². The SMILES string of the molecule is COc1cc(C(=O)OCc2ccc(S(=O)(=O)N(C)C)o2)cc(OC)c1OC. The third kappa shape index (κ3) is 4.34. The van der Waals surface area contributed by atoms with Crippen LogP contribution in [0.5, 0.6) is 17.2 Å². The number of hydrogen-bond donors (Lipinski definition) is 0. The molecule has 0 saturated heterocycles. The second-order valence-electron chi connectivity index (χ2n) is 5.50. The van der Waals surface area contributed by atoms with Gasteiger partial charge in [-0.3, -0.25) is 0 Å². The molecule has 0 aliphatic carbocycles. The Kier molecular flexibility index (Phi) is 6.34. The lowest BCUT2D eigenvalue weighted by Crippen LogP contribution is -2.21. The number of rotatable bonds is 8. The summed E-state index contributed by atoms with van der Waals surface area (Å²) in [5, 5.41) is -0.230. The normalized spacial score (nSPS) is 11.3. The number of furan rings is 1. The summed E-state index contributed by atoms with van der Waals surface area (Å²) in [6.45, 7) is -0.238. The number of nitrogens with zero attached hydrogens (tertiary/aromatic N) is 1. The van der Waals surface area contributed by atoms with Gasteiger partial charge in [-0.1, -0.05) is 0 Å². The molecule has 1 heterocycles. The smallest absolute Gasteiger partial charge is 0.338 e. The van der Waals surface area contributed by atoms with Crippen LogP contribution in [-0.4, -0.2) is 54.1 Å². The minimum absolute atomic E-state index is 0.178. The lowest BCUT2D eigenvalue weighted by molar-refractivity contribution is 0.0439. The highest BCUT2D eigenvalue weighted by Gasteiger charge is 2.22. The second-order valence-corrected chi connectivity index (χ2v) is 7.58. The zero-order chi connectivity index (χ0) is 20.2. The molecular weight excluding hydrogens is 378 g/mol. The maximum atomic E-state index is 12.3. The zero-order valence-corrected chi connectivity index (χ0v) is 16.5. The molecule has 1 aromatic carbocycles. The molecule has 0 aliphatic rings. The third-order valence-corrected chi connectivity index (χ3v) is 5.31. The number of carbonyl (C=O) groups excluding carboxylic acids is 1. The van der Waals surface area contributed by atoms with Crippen LogP contribution in [0.1, 0.15) is 16.1 Å². The monoisotopic (exact) mass is 399 g/mol. The van der Waals surface area contributed by atoms with Gasteiger partial charge in [-0.15, -0.1) is 0 Å². The van der Waals surface area contributed by atoms with Crippen LogP contribution in [-0.2, 0) is 21.4 Å². The Hall–Kier alpha value is -2.72. The van der Waals surface area contributed by atoms with Gasteiger partial charge in [0.15, 0.2) is 11.5 Å². The predicted molar refractivity (Wildman–Crippen MR) is 94.8 cm³/mol. The number of ether oxygens (including phenoxy) is 4. The number of esters is 1. The van der Waals surface area contributed by atoms with Crippen LogP contribution in [0.25, 0.3) is 0 Å². The molecule has 0 saturated carbocycles. The van der Waals surface area contributed by atoms with Gasteiger partial charge >= 0.3 is 5.97 Å². The topological polar surface area (TPSA) is 105 Å². The molecule has 27 heavy (non-hydrogen) atoms. The molecule has 0 amide bonds. The first kappa shape index (κ1) is 20.6. The van der Waals surface area contributed by atoms with Crippen molar-refractivity contribution in [2.75, 3.05) is 35.4 Å². The number of methoxy groups -OCH3 is 3. The van der Waals surface area contributed by atoms with Gasteiger partial charge in [0.2, 0.25) is 10.8 Å². The van der Waals surface area contributed by atoms with Gasteiger partial charge in [0, 0.05) is 14.1 Å². The molecule has 0 N–H and O–H groups in total. The van der Waals surface area contributed by atoms with Gasteiger partial charge in [-0.25, -0.2) is 17.5 Å². The molecule has 9 nitrogen and oxygen atoms in total. The molecule has 0 atom stereocenters. The maximum Gasteiger partial charge on any atom is 0.338 e. The van der Waals surface area contributed by atoms with Crippen LogP contribution >= 0.6 is 0 Å². The van der Waals surface area contributed by atoms with E-state index in [1.807, 2.05) is 0 Å². The Labute approximate surface area is 157 Å². The minimum Gasteiger partial charge on any atom is -0.493 e. The molecular formula is C17H21NO8S. The quantitative estimate of drug-likeness (QED) is 0.620. The van der Waals surface area contributed by atoms with Crippen molar-refractivity contribution in [1.82, 2.24) is 4.31 Å². The van der Waals surface area contributed by atoms with Crippen LogP contribution in [0.15, 0.2) is 33.8 Å². The maximum absolute atomic E-state index is 12.3. The highest BCUT2D eigenvalue weighted by atomic mass is 32.2. The summed E-state index contributed by atoms with van der Waals surface area (Å²) in [6, 6.07) is 5.64. The van der Waals surface area contributed by atoms with Crippen molar-refractivity contribution >= 4 is 16.0 Å². The summed E-state index contributed by atoms with van der Waals surface area (Å²) in [6.07, 6.45) is 0. The van der Waals surface area contributed by atoms with Crippen molar-refractivity contribution in [3.63, 3.8) is 0 Å². The van der Waals surface area contributed by atoms with Gasteiger partial charge in [0.05, 0.1) is 26.9 Å². The van der Waals surface area contributed by atoms with Crippen molar-refractivity contribution in [2.24, 2.45) is 0 Å². The number of hydrogen-bond acceptors (Lipinski definition) is 8. The fourth-order valence-corrected chi connectivity index (χ4v) is 2.99. The van der Waals surface area contributed by atoms with Crippen LogP contribution in [0, 0.1) is 0 Å². The van der Waals surface area contributed by atoms with Crippen molar-refractivity contribution in [3.8, 4) is 17.2 Å². The molecule has 1 aromatic heterocycles. The van der Waals surface area contributed by atoms with Gasteiger partial charge in [0.1, 0.15) is 12.4 Å². The van der Waals surface area contributed by atoms with Gasteiger partial charge in [-0.2, -0.15) is 0 Å². The van der Waals surface area contributed by atoms with Crippen LogP contribution < -0.4 is 14.2 Å². The van der Waals surface area contributed by atoms with E-state index in [4.69, 9.17) is 23.4 Å². The fourth-order valence-electron chi connectivity index (χ4n) is 2.17. The number of sulfonamides is 1. The zero-order valence-electron chi connectivity index (χ0n) is 15.6. The molecule has 0 fully saturated rings. The average Bonchev–Trinajstić information content (AvgIpc) is 3.14. The first-order valence-corrected chi connectivity index (χ1v) is 9.17. The van der Waals surface area contributed by atoms with E-state index < -0.39 is 16.0 Å². The van der Waals surface area contributed by atoms with Crippen molar-refractivity contribution in [3.05, 3.63) is 35.6 Å². The molecule has 10 heteroatoms. The lowest BCUT2D eigenvalue weighted by atomic mass is 10.2. The molecule has 0 spiro atoms. The minimum atomic E-state index is -3.69. The third-order valence-electron chi connectivity index (χ3n) is 3.62. The second kappa shape index (κ2) is 8.31. The van der Waals surface area contributed by atoms with Crippen molar-refractivity contribution in [1.29, 1.82) is 0 Å². The van der Waals surface area contributed by atoms with E-state index in [1.54, 1.807) is 0 Å². The Morgan fingerprint density at radius 3 is 2.11 bits per heavy atom. The summed E-state index contributed by atoms with van der Waals surface area (Å²) in [5.41, 5.74) is 0.178. The molecule has 148 valence electrons. The van der Waals surface area contributed by atoms with Gasteiger partial charge in [-0.05, 0) is 24.3 Å². The first-order chi connectivity index (χ1) is 12.7. The standard InChI is InChI=1S/C17H21NO8S/c1-18(2)27(20,21)15-7-6-12(26-15)10-25-17(19)11-8-13(22-3)16(24-5)14(9-11)23-4/h6-9H,10H2,1-5H3. The van der Waals surface area contributed by atoms with Crippen LogP contribution in [0.4, 0.5) is 0 Å². The Balaban J connectivity index is 2.16. The van der Waals surface area contributed by atoms with Crippen LogP contribution in [0.2, 0.25) is 0 Å². The molecule has 0 aliphatic heterocycles. The van der Waals surface area contributed by atoms with Crippen LogP contribution in [0.3, 0.4) is 0 Å². The highest BCUT2D eigenvalue weighted by molar-refractivity contribution is 7.88. The predicted octanol–water partition coefficient (Wildman–Crippen LogP) is 1.91. The van der Waals surface area contributed by atoms with Crippen molar-refractivity contribution in [2.45, 2.75) is 11.7 Å². The van der Waals surface area contributed by atoms with Crippen molar-refractivity contribution < 1.29 is 36.6 Å². The number of benzene rings is 1. The van der Waals surface area contributed by atoms with E-state index in [0.717, 1.165) is 4.31 Å². The first-order valence-electron chi connectivity index (χ1n) is 7.73. The average molecular weight is 399 g/mol. The fraction of sp³-hybridized carbons (Fsp3) is 0.353. The summed E-state index contributed by atoms with van der Waals surface area (Å²) < 4.78 is 51.0. The number of carbonyl (C=O) groups is 1. The van der Waals surface area contributed by atoms with E-state index in [1.165, 1.54) is 59.7 Å². The molecule has 0 bridgehead atoms. The summed E-state index contributed by atoms with van der Waals surface area (Å²) >= 11 is 0. The van der Waals surface area contributed by atoms with E-state index in [-0.39, 0.29) is 23.0 Å². The van der Waals surface area contributed by atoms with E-state index in [0.29, 0.717) is 17.2 Å². The molecule has 0 unspecified atom stereocenters. The Bertz CT molecular complexity index is 892. The lowest BCUT2D eigenvalue weighted by Gasteiger charge is -2.13. The largest absolute Gasteiger partial charge is 0.493 e. The Morgan fingerprint density at radius 2 is 1.63 bits per heavy atom. The molecule has 2 aromatic rings. The highest BCUT2D eigenvalue weighted by Crippen LogP contribution is 2.38. The van der Waals surface area contributed by atoms with Gasteiger partial charge < -0.3 is 23.4 Å².